The molecule has 0 unspecified atom stereocenters. The van der Waals surface area contributed by atoms with E-state index < -0.39 is 0 Å². The Kier molecular flexibility index (Phi) is 7.45. The molecule has 6 nitrogen and oxygen atoms in total. The van der Waals surface area contributed by atoms with Crippen LogP contribution in [0.4, 0.5) is 0 Å². The van der Waals surface area contributed by atoms with E-state index in [0.29, 0.717) is 5.56 Å². The molecule has 156 valence electrons. The number of nitrogens with one attached hydrogen (secondary N) is 2. The highest BCUT2D eigenvalue weighted by molar-refractivity contribution is 7.08. The van der Waals surface area contributed by atoms with Crippen LogP contribution in [-0.4, -0.2) is 32.6 Å². The molecule has 0 atom stereocenters. The fourth-order valence-corrected chi connectivity index (χ4v) is 3.61. The van der Waals surface area contributed by atoms with E-state index in [1.165, 1.54) is 11.3 Å². The molecule has 0 saturated carbocycles. The predicted molar refractivity (Wildman–Crippen MR) is 117 cm³/mol. The largest absolute Gasteiger partial charge is 0.497 e. The molecule has 0 aliphatic carbocycles. The maximum atomic E-state index is 12.6. The third-order valence-corrected chi connectivity index (χ3v) is 5.31. The zero-order chi connectivity index (χ0) is 21.3. The average molecular weight is 425 g/mol. The first-order valence-electron chi connectivity index (χ1n) is 9.48. The van der Waals surface area contributed by atoms with Crippen LogP contribution in [0.15, 0.2) is 65.4 Å². The van der Waals surface area contributed by atoms with Gasteiger partial charge in [-0.3, -0.25) is 9.59 Å². The van der Waals surface area contributed by atoms with Crippen LogP contribution >= 0.6 is 11.3 Å². The number of thiophene rings is 1. The lowest BCUT2D eigenvalue weighted by Crippen LogP contribution is -2.33. The number of hydrogen-bond donors (Lipinski definition) is 2. The van der Waals surface area contributed by atoms with Gasteiger partial charge < -0.3 is 20.1 Å². The van der Waals surface area contributed by atoms with Gasteiger partial charge in [0.2, 0.25) is 5.91 Å². The van der Waals surface area contributed by atoms with Crippen LogP contribution in [0.3, 0.4) is 0 Å². The second-order valence-electron chi connectivity index (χ2n) is 6.56. The van der Waals surface area contributed by atoms with Gasteiger partial charge in [-0.1, -0.05) is 24.3 Å². The highest BCUT2D eigenvalue weighted by atomic mass is 32.1. The number of hydrogen-bond acceptors (Lipinski definition) is 5. The van der Waals surface area contributed by atoms with Crippen molar-refractivity contribution in [1.29, 1.82) is 0 Å². The maximum Gasteiger partial charge on any atom is 0.252 e. The molecule has 2 aromatic carbocycles. The third-order valence-electron chi connectivity index (χ3n) is 4.62. The molecule has 1 aromatic heterocycles. The van der Waals surface area contributed by atoms with Gasteiger partial charge in [0, 0.05) is 23.9 Å². The lowest BCUT2D eigenvalue weighted by molar-refractivity contribution is -0.121. The highest BCUT2D eigenvalue weighted by Crippen LogP contribution is 2.26. The lowest BCUT2D eigenvalue weighted by Gasteiger charge is -2.20. The second kappa shape index (κ2) is 10.5. The molecule has 0 aliphatic heterocycles. The molecule has 0 aliphatic rings. The Morgan fingerprint density at radius 3 is 1.93 bits per heavy atom. The predicted octanol–water partition coefficient (Wildman–Crippen LogP) is 3.79. The fourth-order valence-electron chi connectivity index (χ4n) is 2.97. The molecule has 7 heteroatoms. The first kappa shape index (κ1) is 21.4. The van der Waals surface area contributed by atoms with Crippen LogP contribution in [0, 0.1) is 0 Å². The van der Waals surface area contributed by atoms with Crippen molar-refractivity contribution in [3.8, 4) is 11.5 Å². The van der Waals surface area contributed by atoms with Crippen molar-refractivity contribution >= 4 is 23.2 Å². The van der Waals surface area contributed by atoms with Gasteiger partial charge in [0.1, 0.15) is 11.5 Å². The molecule has 2 N–H and O–H groups in total. The standard InChI is InChI=1S/C23H24N2O4S/c1-28-19-7-3-16(4-8-19)22(17-5-9-20(29-2)10-6-17)25-21(26)11-13-24-23(27)18-12-14-30-15-18/h3-10,12,14-15,22H,11,13H2,1-2H3,(H,24,27)(H,25,26). The van der Waals surface area contributed by atoms with E-state index in [0.717, 1.165) is 22.6 Å². The molecule has 3 aromatic rings. The minimum absolute atomic E-state index is 0.155. The number of carbonyl (C=O) groups excluding carboxylic acids is 2. The number of rotatable bonds is 9. The number of benzene rings is 2. The zero-order valence-corrected chi connectivity index (χ0v) is 17.7. The Hall–Kier alpha value is -3.32. The summed E-state index contributed by atoms with van der Waals surface area (Å²) >= 11 is 1.46. The summed E-state index contributed by atoms with van der Waals surface area (Å²) in [6, 6.07) is 16.6. The van der Waals surface area contributed by atoms with E-state index >= 15 is 0 Å². The summed E-state index contributed by atoms with van der Waals surface area (Å²) in [4.78, 5) is 24.6. The van der Waals surface area contributed by atoms with E-state index in [-0.39, 0.29) is 30.8 Å². The first-order chi connectivity index (χ1) is 14.6. The quantitative estimate of drug-likeness (QED) is 0.548. The van der Waals surface area contributed by atoms with Crippen LogP contribution in [0.25, 0.3) is 0 Å². The number of carbonyl (C=O) groups is 2. The van der Waals surface area contributed by atoms with E-state index in [1.54, 1.807) is 25.7 Å². The topological polar surface area (TPSA) is 76.7 Å². The Morgan fingerprint density at radius 2 is 1.47 bits per heavy atom. The fraction of sp³-hybridized carbons (Fsp3) is 0.217. The normalized spacial score (nSPS) is 10.5. The number of amides is 2. The first-order valence-corrected chi connectivity index (χ1v) is 10.4. The van der Waals surface area contributed by atoms with Crippen LogP contribution in [0.2, 0.25) is 0 Å². The number of ether oxygens (including phenoxy) is 2. The van der Waals surface area contributed by atoms with Crippen molar-refractivity contribution in [3.05, 3.63) is 82.0 Å². The van der Waals surface area contributed by atoms with Crippen LogP contribution in [-0.2, 0) is 4.79 Å². The molecule has 0 saturated heterocycles. The smallest absolute Gasteiger partial charge is 0.252 e. The Labute approximate surface area is 179 Å². The molecule has 0 radical (unpaired) electrons. The van der Waals surface area contributed by atoms with Crippen molar-refractivity contribution in [3.63, 3.8) is 0 Å². The molecular weight excluding hydrogens is 400 g/mol. The van der Waals surface area contributed by atoms with Gasteiger partial charge in [0.15, 0.2) is 0 Å². The molecule has 1 heterocycles. The maximum absolute atomic E-state index is 12.6. The second-order valence-corrected chi connectivity index (χ2v) is 7.34. The Morgan fingerprint density at radius 1 is 0.900 bits per heavy atom. The minimum atomic E-state index is -0.332. The molecule has 0 spiro atoms. The SMILES string of the molecule is COc1ccc(C(NC(=O)CCNC(=O)c2ccsc2)c2ccc(OC)cc2)cc1. The monoisotopic (exact) mass is 424 g/mol. The van der Waals surface area contributed by atoms with Gasteiger partial charge in [0.05, 0.1) is 20.3 Å². The van der Waals surface area contributed by atoms with Crippen LogP contribution in [0.5, 0.6) is 11.5 Å². The molecule has 2 amide bonds. The van der Waals surface area contributed by atoms with E-state index in [1.807, 2.05) is 53.9 Å². The van der Waals surface area contributed by atoms with Gasteiger partial charge in [-0.25, -0.2) is 0 Å². The van der Waals surface area contributed by atoms with E-state index in [9.17, 15) is 9.59 Å². The molecular formula is C23H24N2O4S. The summed E-state index contributed by atoms with van der Waals surface area (Å²) in [5.74, 6) is 1.16. The van der Waals surface area contributed by atoms with Crippen molar-refractivity contribution in [2.24, 2.45) is 0 Å². The lowest BCUT2D eigenvalue weighted by atomic mass is 9.98. The van der Waals surface area contributed by atoms with Crippen molar-refractivity contribution in [2.45, 2.75) is 12.5 Å². The Bertz CT molecular complexity index is 906. The summed E-state index contributed by atoms with van der Waals surface area (Å²) in [7, 11) is 3.23. The van der Waals surface area contributed by atoms with Crippen molar-refractivity contribution in [1.82, 2.24) is 10.6 Å². The molecule has 3 rings (SSSR count). The zero-order valence-electron chi connectivity index (χ0n) is 16.9. The van der Waals surface area contributed by atoms with Gasteiger partial charge in [-0.2, -0.15) is 11.3 Å². The summed E-state index contributed by atoms with van der Waals surface area (Å²) < 4.78 is 10.5. The van der Waals surface area contributed by atoms with Gasteiger partial charge >= 0.3 is 0 Å². The van der Waals surface area contributed by atoms with E-state index in [4.69, 9.17) is 9.47 Å². The highest BCUT2D eigenvalue weighted by Gasteiger charge is 2.17. The molecule has 30 heavy (non-hydrogen) atoms. The average Bonchev–Trinajstić information content (AvgIpc) is 3.33. The van der Waals surface area contributed by atoms with Gasteiger partial charge in [-0.05, 0) is 46.8 Å². The Balaban J connectivity index is 1.67. The van der Waals surface area contributed by atoms with Crippen molar-refractivity contribution < 1.29 is 19.1 Å². The number of methoxy groups -OCH3 is 2. The van der Waals surface area contributed by atoms with Crippen LogP contribution < -0.4 is 20.1 Å². The van der Waals surface area contributed by atoms with Gasteiger partial charge in [-0.15, -0.1) is 0 Å². The summed E-state index contributed by atoms with van der Waals surface area (Å²) in [6.07, 6.45) is 0.179. The van der Waals surface area contributed by atoms with Crippen molar-refractivity contribution in [2.75, 3.05) is 20.8 Å². The van der Waals surface area contributed by atoms with Crippen LogP contribution in [0.1, 0.15) is 33.9 Å². The third kappa shape index (κ3) is 5.61. The molecule has 0 bridgehead atoms. The summed E-state index contributed by atoms with van der Waals surface area (Å²) in [6.45, 7) is 0.262. The van der Waals surface area contributed by atoms with E-state index in [2.05, 4.69) is 10.6 Å². The molecule has 0 fully saturated rings. The minimum Gasteiger partial charge on any atom is -0.497 e. The van der Waals surface area contributed by atoms with Gasteiger partial charge in [0.25, 0.3) is 5.91 Å². The summed E-state index contributed by atoms with van der Waals surface area (Å²) in [5, 5.41) is 9.46. The summed E-state index contributed by atoms with van der Waals surface area (Å²) in [5.41, 5.74) is 2.46.